The highest BCUT2D eigenvalue weighted by Crippen LogP contribution is 2.33. The Morgan fingerprint density at radius 1 is 0.352 bits per heavy atom. The van der Waals surface area contributed by atoms with Gasteiger partial charge in [0.05, 0.1) is 0 Å². The molecule has 0 unspecified atom stereocenters. The van der Waals surface area contributed by atoms with E-state index in [1.165, 1.54) is 152 Å². The summed E-state index contributed by atoms with van der Waals surface area (Å²) in [5.74, 6) is 0.932. The summed E-state index contributed by atoms with van der Waals surface area (Å²) < 4.78 is 11.4. The Kier molecular flexibility index (Phi) is 28.3. The Balaban J connectivity index is 1.67. The molecule has 0 aliphatic carbocycles. The lowest BCUT2D eigenvalue weighted by molar-refractivity contribution is -0.135. The molecule has 0 aliphatic heterocycles. The summed E-state index contributed by atoms with van der Waals surface area (Å²) in [5.41, 5.74) is 4.82. The van der Waals surface area contributed by atoms with Crippen molar-refractivity contribution in [1.29, 1.82) is 0 Å². The summed E-state index contributed by atoms with van der Waals surface area (Å²) in [7, 11) is 0. The first-order valence-electron chi connectivity index (χ1n) is 22.9. The van der Waals surface area contributed by atoms with E-state index in [1.54, 1.807) is 0 Å². The maximum Gasteiger partial charge on any atom is 0.311 e. The highest BCUT2D eigenvalue weighted by atomic mass is 16.5. The number of esters is 2. The molecule has 54 heavy (non-hydrogen) atoms. The van der Waals surface area contributed by atoms with Gasteiger partial charge in [0.2, 0.25) is 0 Å². The third-order valence-corrected chi connectivity index (χ3v) is 10.9. The minimum atomic E-state index is -0.142. The van der Waals surface area contributed by atoms with Crippen LogP contribution in [0.25, 0.3) is 11.1 Å². The van der Waals surface area contributed by atoms with Crippen molar-refractivity contribution in [3.63, 3.8) is 0 Å². The molecule has 304 valence electrons. The van der Waals surface area contributed by atoms with E-state index in [2.05, 4.69) is 52.0 Å². The molecule has 0 saturated heterocycles. The maximum absolute atomic E-state index is 12.5. The Hall–Kier alpha value is -2.88. The number of rotatable bonds is 34. The van der Waals surface area contributed by atoms with Gasteiger partial charge in [-0.1, -0.05) is 206 Å². The van der Waals surface area contributed by atoms with Crippen LogP contribution in [0.5, 0.6) is 11.5 Å². The van der Waals surface area contributed by atoms with Crippen molar-refractivity contribution in [3.05, 3.63) is 59.7 Å². The Bertz CT molecular complexity index is 1140. The summed E-state index contributed by atoms with van der Waals surface area (Å²) in [6.07, 6.45) is 36.4. The molecule has 2 rings (SSSR count). The summed E-state index contributed by atoms with van der Waals surface area (Å²) in [6.45, 7) is 8.91. The van der Waals surface area contributed by atoms with Gasteiger partial charge in [0.15, 0.2) is 0 Å². The number of carbonyl (C=O) groups is 2. The fourth-order valence-corrected chi connectivity index (χ4v) is 7.57. The molecule has 0 amide bonds. The topological polar surface area (TPSA) is 52.6 Å². The highest BCUT2D eigenvalue weighted by molar-refractivity contribution is 5.91. The number of benzene rings is 2. The van der Waals surface area contributed by atoms with Crippen molar-refractivity contribution in [2.45, 2.75) is 220 Å². The van der Waals surface area contributed by atoms with E-state index in [9.17, 15) is 9.59 Å². The van der Waals surface area contributed by atoms with Gasteiger partial charge in [0.25, 0.3) is 0 Å². The van der Waals surface area contributed by atoms with Crippen LogP contribution >= 0.6 is 0 Å². The van der Waals surface area contributed by atoms with Gasteiger partial charge in [-0.3, -0.25) is 9.59 Å². The number of hydrogen-bond donors (Lipinski definition) is 0. The van der Waals surface area contributed by atoms with E-state index < -0.39 is 0 Å². The molecule has 0 N–H and O–H groups in total. The molecule has 0 bridgehead atoms. The molecule has 0 aliphatic rings. The first kappa shape index (κ1) is 47.3. The van der Waals surface area contributed by atoms with E-state index in [4.69, 9.17) is 9.47 Å². The zero-order valence-corrected chi connectivity index (χ0v) is 35.5. The molecular weight excluding hydrogens is 665 g/mol. The normalized spacial score (nSPS) is 11.8. The largest absolute Gasteiger partial charge is 0.427 e. The van der Waals surface area contributed by atoms with Crippen molar-refractivity contribution in [2.24, 2.45) is 0 Å². The van der Waals surface area contributed by atoms with Gasteiger partial charge in [-0.25, -0.2) is 0 Å². The van der Waals surface area contributed by atoms with E-state index in [1.807, 2.05) is 24.3 Å². The van der Waals surface area contributed by atoms with Gasteiger partial charge in [0, 0.05) is 12.8 Å². The van der Waals surface area contributed by atoms with Crippen molar-refractivity contribution in [2.75, 3.05) is 0 Å². The molecule has 4 heteroatoms. The van der Waals surface area contributed by atoms with Crippen LogP contribution < -0.4 is 9.47 Å². The first-order valence-corrected chi connectivity index (χ1v) is 22.9. The van der Waals surface area contributed by atoms with Crippen LogP contribution in [0, 0.1) is 0 Å². The van der Waals surface area contributed by atoms with Crippen LogP contribution in [0.2, 0.25) is 0 Å². The summed E-state index contributed by atoms with van der Waals surface area (Å²) in [5, 5.41) is 0. The number of ether oxygens (including phenoxy) is 2. The second-order valence-electron chi connectivity index (χ2n) is 15.6. The summed E-state index contributed by atoms with van der Waals surface area (Å²) in [6, 6.07) is 15.9. The van der Waals surface area contributed by atoms with E-state index in [-0.39, 0.29) is 11.9 Å². The SMILES string of the molecule is CCCCCCCCCCCCCCCC(=O)Oc1ccc(/C(CC)=C(/CC)c2ccc(OC(=O)CCCCCCCCCCCCCCC)cc2)cc1. The van der Waals surface area contributed by atoms with Crippen LogP contribution in [0.4, 0.5) is 0 Å². The smallest absolute Gasteiger partial charge is 0.311 e. The van der Waals surface area contributed by atoms with Gasteiger partial charge in [-0.05, 0) is 72.2 Å². The average molecular weight is 745 g/mol. The van der Waals surface area contributed by atoms with E-state index in [0.29, 0.717) is 24.3 Å². The predicted molar refractivity (Wildman–Crippen MR) is 232 cm³/mol. The second-order valence-corrected chi connectivity index (χ2v) is 15.6. The minimum absolute atomic E-state index is 0.142. The zero-order valence-electron chi connectivity index (χ0n) is 35.5. The molecule has 2 aromatic carbocycles. The summed E-state index contributed by atoms with van der Waals surface area (Å²) in [4.78, 5) is 25.0. The lowest BCUT2D eigenvalue weighted by Gasteiger charge is -2.15. The third-order valence-electron chi connectivity index (χ3n) is 10.9. The average Bonchev–Trinajstić information content (AvgIpc) is 3.18. The molecule has 2 aromatic rings. The monoisotopic (exact) mass is 745 g/mol. The fourth-order valence-electron chi connectivity index (χ4n) is 7.57. The zero-order chi connectivity index (χ0) is 38.9. The third kappa shape index (κ3) is 22.5. The van der Waals surface area contributed by atoms with Gasteiger partial charge in [-0.2, -0.15) is 0 Å². The lowest BCUT2D eigenvalue weighted by atomic mass is 9.91. The molecule has 0 atom stereocenters. The van der Waals surface area contributed by atoms with Crippen LogP contribution in [0.3, 0.4) is 0 Å². The lowest BCUT2D eigenvalue weighted by Crippen LogP contribution is -2.07. The Morgan fingerprint density at radius 3 is 0.833 bits per heavy atom. The predicted octanol–water partition coefficient (Wildman–Crippen LogP) is 16.2. The molecule has 0 spiro atoms. The Morgan fingerprint density at radius 2 is 0.593 bits per heavy atom. The molecule has 0 fully saturated rings. The van der Waals surface area contributed by atoms with Gasteiger partial charge < -0.3 is 9.47 Å². The van der Waals surface area contributed by atoms with Crippen molar-refractivity contribution in [1.82, 2.24) is 0 Å². The first-order chi connectivity index (χ1) is 26.5. The number of carbonyl (C=O) groups excluding carboxylic acids is 2. The van der Waals surface area contributed by atoms with Crippen molar-refractivity contribution in [3.8, 4) is 11.5 Å². The number of hydrogen-bond acceptors (Lipinski definition) is 4. The van der Waals surface area contributed by atoms with Gasteiger partial charge in [0.1, 0.15) is 11.5 Å². The number of unbranched alkanes of at least 4 members (excludes halogenated alkanes) is 24. The quantitative estimate of drug-likeness (QED) is 0.0310. The molecule has 4 nitrogen and oxygen atoms in total. The molecular formula is C50H80O4. The molecule has 0 aromatic heterocycles. The van der Waals surface area contributed by atoms with Crippen LogP contribution in [0.15, 0.2) is 48.5 Å². The number of allylic oxidation sites excluding steroid dienone is 2. The molecule has 0 radical (unpaired) electrons. The van der Waals surface area contributed by atoms with Gasteiger partial charge in [-0.15, -0.1) is 0 Å². The van der Waals surface area contributed by atoms with Crippen LogP contribution in [0.1, 0.15) is 231 Å². The van der Waals surface area contributed by atoms with Crippen molar-refractivity contribution >= 4 is 23.1 Å². The standard InChI is InChI=1S/C50H80O4/c1-5-9-11-13-15-17-19-21-23-25-27-29-31-33-49(51)53-45-39-35-43(36-40-45)47(7-3)48(8-4)44-37-41-46(42-38-44)54-50(52)34-32-30-28-26-24-22-20-18-16-14-12-10-6-2/h35-42H,5-34H2,1-4H3/b48-47-. The van der Waals surface area contributed by atoms with Crippen molar-refractivity contribution < 1.29 is 19.1 Å². The molecule has 0 saturated carbocycles. The summed E-state index contributed by atoms with van der Waals surface area (Å²) >= 11 is 0. The minimum Gasteiger partial charge on any atom is -0.427 e. The van der Waals surface area contributed by atoms with Crippen LogP contribution in [-0.4, -0.2) is 11.9 Å². The molecule has 0 heterocycles. The van der Waals surface area contributed by atoms with E-state index >= 15 is 0 Å². The maximum atomic E-state index is 12.5. The highest BCUT2D eigenvalue weighted by Gasteiger charge is 2.12. The van der Waals surface area contributed by atoms with Crippen LogP contribution in [-0.2, 0) is 9.59 Å². The van der Waals surface area contributed by atoms with Gasteiger partial charge >= 0.3 is 11.9 Å². The Labute approximate surface area is 332 Å². The fraction of sp³-hybridized carbons (Fsp3) is 0.680. The second kappa shape index (κ2) is 32.4. The van der Waals surface area contributed by atoms with E-state index in [0.717, 1.165) is 49.7 Å².